The average Bonchev–Trinajstić information content (AvgIpc) is 2.89. The molecule has 17 heavy (non-hydrogen) atoms. The number of anilines is 1. The first-order chi connectivity index (χ1) is 8.43. The van der Waals surface area contributed by atoms with Gasteiger partial charge in [0, 0.05) is 17.3 Å². The molecule has 0 aliphatic carbocycles. The van der Waals surface area contributed by atoms with Crippen molar-refractivity contribution in [1.82, 2.24) is 15.5 Å². The van der Waals surface area contributed by atoms with Crippen molar-refractivity contribution in [1.29, 1.82) is 0 Å². The molecule has 1 fully saturated rings. The summed E-state index contributed by atoms with van der Waals surface area (Å²) in [5.74, 6) is 1.60. The van der Waals surface area contributed by atoms with Gasteiger partial charge in [-0.15, -0.1) is 5.10 Å². The third-order valence-electron chi connectivity index (χ3n) is 3.29. The average molecular weight is 228 g/mol. The molecule has 1 saturated heterocycles. The summed E-state index contributed by atoms with van der Waals surface area (Å²) >= 11 is 0. The molecular formula is C13H16N4. The van der Waals surface area contributed by atoms with E-state index in [1.807, 2.05) is 12.1 Å². The number of rotatable bonds is 3. The standard InChI is InChI=1S/C13H16N4/c1-2-4-12-11(3-1)9-16-17-13(12)15-8-10-5-6-14-7-10/h1-4,9-10,14H,5-8H2,(H,15,17). The molecule has 1 atom stereocenters. The van der Waals surface area contributed by atoms with Gasteiger partial charge in [-0.3, -0.25) is 0 Å². The van der Waals surface area contributed by atoms with Crippen LogP contribution >= 0.6 is 0 Å². The van der Waals surface area contributed by atoms with Gasteiger partial charge < -0.3 is 10.6 Å². The number of nitrogens with zero attached hydrogens (tertiary/aromatic N) is 2. The molecular weight excluding hydrogens is 212 g/mol. The van der Waals surface area contributed by atoms with E-state index in [0.717, 1.165) is 36.2 Å². The van der Waals surface area contributed by atoms with Crippen molar-refractivity contribution in [2.75, 3.05) is 25.0 Å². The van der Waals surface area contributed by atoms with Crippen LogP contribution in [0.2, 0.25) is 0 Å². The fraction of sp³-hybridized carbons (Fsp3) is 0.385. The van der Waals surface area contributed by atoms with Gasteiger partial charge in [-0.25, -0.2) is 0 Å². The monoisotopic (exact) mass is 228 g/mol. The van der Waals surface area contributed by atoms with Crippen LogP contribution in [-0.4, -0.2) is 29.8 Å². The van der Waals surface area contributed by atoms with E-state index in [-0.39, 0.29) is 0 Å². The van der Waals surface area contributed by atoms with Crippen LogP contribution in [-0.2, 0) is 0 Å². The summed E-state index contributed by atoms with van der Waals surface area (Å²) in [7, 11) is 0. The summed E-state index contributed by atoms with van der Waals surface area (Å²) in [4.78, 5) is 0. The largest absolute Gasteiger partial charge is 0.368 e. The molecule has 0 bridgehead atoms. The normalized spacial score (nSPS) is 19.6. The second-order valence-electron chi connectivity index (χ2n) is 4.52. The van der Waals surface area contributed by atoms with E-state index in [1.54, 1.807) is 6.20 Å². The molecule has 1 aromatic carbocycles. The Kier molecular flexibility index (Phi) is 2.88. The zero-order valence-electron chi connectivity index (χ0n) is 9.69. The summed E-state index contributed by atoms with van der Waals surface area (Å²) in [5, 5.41) is 17.3. The SMILES string of the molecule is c1ccc2c(NCC3CCNC3)nncc2c1. The maximum absolute atomic E-state index is 4.19. The van der Waals surface area contributed by atoms with Crippen molar-refractivity contribution < 1.29 is 0 Å². The van der Waals surface area contributed by atoms with E-state index in [2.05, 4.69) is 33.0 Å². The van der Waals surface area contributed by atoms with Gasteiger partial charge in [0.2, 0.25) is 0 Å². The number of aromatic nitrogens is 2. The fourth-order valence-electron chi connectivity index (χ4n) is 2.29. The topological polar surface area (TPSA) is 49.8 Å². The number of benzene rings is 1. The van der Waals surface area contributed by atoms with Crippen molar-refractivity contribution in [2.24, 2.45) is 5.92 Å². The maximum atomic E-state index is 4.19. The molecule has 88 valence electrons. The van der Waals surface area contributed by atoms with Crippen LogP contribution in [0.3, 0.4) is 0 Å². The van der Waals surface area contributed by atoms with Gasteiger partial charge in [0.1, 0.15) is 0 Å². The van der Waals surface area contributed by atoms with E-state index < -0.39 is 0 Å². The highest BCUT2D eigenvalue weighted by molar-refractivity contribution is 5.90. The van der Waals surface area contributed by atoms with Crippen molar-refractivity contribution in [3.63, 3.8) is 0 Å². The van der Waals surface area contributed by atoms with Crippen LogP contribution in [0.1, 0.15) is 6.42 Å². The molecule has 2 N–H and O–H groups in total. The predicted molar refractivity (Wildman–Crippen MR) is 69.0 cm³/mol. The Morgan fingerprint density at radius 3 is 3.18 bits per heavy atom. The van der Waals surface area contributed by atoms with Gasteiger partial charge >= 0.3 is 0 Å². The first-order valence-electron chi connectivity index (χ1n) is 6.08. The van der Waals surface area contributed by atoms with Gasteiger partial charge in [0.25, 0.3) is 0 Å². The van der Waals surface area contributed by atoms with Crippen LogP contribution in [0.15, 0.2) is 30.5 Å². The number of hydrogen-bond donors (Lipinski definition) is 2. The van der Waals surface area contributed by atoms with Crippen LogP contribution in [0.5, 0.6) is 0 Å². The van der Waals surface area contributed by atoms with Crippen molar-refractivity contribution in [2.45, 2.75) is 6.42 Å². The smallest absolute Gasteiger partial charge is 0.156 e. The Bertz CT molecular complexity index is 500. The molecule has 4 heteroatoms. The predicted octanol–water partition coefficient (Wildman–Crippen LogP) is 1.65. The van der Waals surface area contributed by atoms with E-state index in [4.69, 9.17) is 0 Å². The third kappa shape index (κ3) is 2.22. The summed E-state index contributed by atoms with van der Waals surface area (Å²) < 4.78 is 0. The van der Waals surface area contributed by atoms with Gasteiger partial charge in [-0.05, 0) is 25.4 Å². The molecule has 0 radical (unpaired) electrons. The highest BCUT2D eigenvalue weighted by atomic mass is 15.2. The van der Waals surface area contributed by atoms with Crippen molar-refractivity contribution in [3.8, 4) is 0 Å². The highest BCUT2D eigenvalue weighted by Gasteiger charge is 2.14. The lowest BCUT2D eigenvalue weighted by molar-refractivity contribution is 0.614. The highest BCUT2D eigenvalue weighted by Crippen LogP contribution is 2.19. The summed E-state index contributed by atoms with van der Waals surface area (Å²) in [6.45, 7) is 3.20. The summed E-state index contributed by atoms with van der Waals surface area (Å²) in [6.07, 6.45) is 3.04. The van der Waals surface area contributed by atoms with Crippen LogP contribution in [0, 0.1) is 5.92 Å². The second kappa shape index (κ2) is 4.67. The Hall–Kier alpha value is -1.68. The van der Waals surface area contributed by atoms with E-state index in [9.17, 15) is 0 Å². The molecule has 1 unspecified atom stereocenters. The lowest BCUT2D eigenvalue weighted by Gasteiger charge is -2.11. The van der Waals surface area contributed by atoms with Gasteiger partial charge in [0.05, 0.1) is 6.20 Å². The molecule has 2 heterocycles. The number of hydrogen-bond acceptors (Lipinski definition) is 4. The second-order valence-corrected chi connectivity index (χ2v) is 4.52. The van der Waals surface area contributed by atoms with Crippen LogP contribution in [0.25, 0.3) is 10.8 Å². The number of fused-ring (bicyclic) bond motifs is 1. The van der Waals surface area contributed by atoms with E-state index in [0.29, 0.717) is 5.92 Å². The lowest BCUT2D eigenvalue weighted by atomic mass is 10.1. The lowest BCUT2D eigenvalue weighted by Crippen LogP contribution is -2.18. The van der Waals surface area contributed by atoms with Crippen LogP contribution < -0.4 is 10.6 Å². The molecule has 0 spiro atoms. The quantitative estimate of drug-likeness (QED) is 0.838. The molecule has 1 aliphatic rings. The minimum atomic E-state index is 0.704. The minimum absolute atomic E-state index is 0.704. The van der Waals surface area contributed by atoms with Gasteiger partial charge in [-0.1, -0.05) is 24.3 Å². The third-order valence-corrected chi connectivity index (χ3v) is 3.29. The first kappa shape index (κ1) is 10.5. The maximum Gasteiger partial charge on any atom is 0.156 e. The molecule has 2 aromatic rings. The van der Waals surface area contributed by atoms with E-state index in [1.165, 1.54) is 6.42 Å². The zero-order chi connectivity index (χ0) is 11.5. The van der Waals surface area contributed by atoms with Gasteiger partial charge in [-0.2, -0.15) is 5.10 Å². The zero-order valence-corrected chi connectivity index (χ0v) is 9.69. The molecule has 1 aromatic heterocycles. The molecule has 0 saturated carbocycles. The Balaban J connectivity index is 1.79. The van der Waals surface area contributed by atoms with Crippen LogP contribution in [0.4, 0.5) is 5.82 Å². The summed E-state index contributed by atoms with van der Waals surface area (Å²) in [6, 6.07) is 8.20. The fourth-order valence-corrected chi connectivity index (χ4v) is 2.29. The van der Waals surface area contributed by atoms with E-state index >= 15 is 0 Å². The molecule has 1 aliphatic heterocycles. The minimum Gasteiger partial charge on any atom is -0.368 e. The summed E-state index contributed by atoms with van der Waals surface area (Å²) in [5.41, 5.74) is 0. The van der Waals surface area contributed by atoms with Crippen molar-refractivity contribution in [3.05, 3.63) is 30.5 Å². The Morgan fingerprint density at radius 1 is 1.35 bits per heavy atom. The first-order valence-corrected chi connectivity index (χ1v) is 6.08. The van der Waals surface area contributed by atoms with Crippen molar-refractivity contribution >= 4 is 16.6 Å². The molecule has 0 amide bonds. The number of nitrogens with one attached hydrogen (secondary N) is 2. The molecule has 4 nitrogen and oxygen atoms in total. The Labute approximate surface area is 100 Å². The van der Waals surface area contributed by atoms with Gasteiger partial charge in [0.15, 0.2) is 5.82 Å². The molecule has 3 rings (SSSR count). The Morgan fingerprint density at radius 2 is 2.29 bits per heavy atom.